The molecular formula is C39H58N2O9S. The number of urea groups is 1. The fraction of sp³-hybridized carbons (Fsp3) is 0.795. The highest BCUT2D eigenvalue weighted by molar-refractivity contribution is 8.00. The molecule has 2 aliphatic heterocycles. The van der Waals surface area contributed by atoms with E-state index in [1.54, 1.807) is 26.0 Å². The Bertz CT molecular complexity index is 1460. The number of aliphatic hydroxyl groups excluding tert-OH is 1. The van der Waals surface area contributed by atoms with Crippen molar-refractivity contribution < 1.29 is 44.0 Å². The van der Waals surface area contributed by atoms with Crippen molar-refractivity contribution in [2.45, 2.75) is 152 Å². The lowest BCUT2D eigenvalue weighted by Gasteiger charge is -2.53. The zero-order valence-corrected chi connectivity index (χ0v) is 31.7. The van der Waals surface area contributed by atoms with Crippen LogP contribution in [0.15, 0.2) is 23.3 Å². The standard InChI is InChI=1S/C39H58N2O9S/c1-6-7-8-9-10-11-15-29(43)49-34-23(3)38(48)25(18-24(20-42)19-37(47)28(38)17-22(2)33(37)45)32-36(4,5)39(32,34)50-30(44)16-13-12-14-27-31-26(21-51-27)40-35(46)41-31/h17-18,23,25-28,31-32,34,42,47-48H,6-16,19-21H2,1-5H3,(H2,40,41,46)/t23-,25+,26?,27?,28-,31?,32-,34-,37-,38-,39-/m1/s1. The molecule has 3 unspecified atom stereocenters. The minimum absolute atomic E-state index is 0.0958. The largest absolute Gasteiger partial charge is 0.458 e. The summed E-state index contributed by atoms with van der Waals surface area (Å²) in [5.41, 5.74) is -4.94. The average molecular weight is 731 g/mol. The first-order valence-corrected chi connectivity index (χ1v) is 20.3. The smallest absolute Gasteiger partial charge is 0.315 e. The van der Waals surface area contributed by atoms with Crippen LogP contribution in [0.3, 0.4) is 0 Å². The van der Waals surface area contributed by atoms with Gasteiger partial charge in [-0.25, -0.2) is 4.79 Å². The number of unbranched alkanes of at least 4 members (excludes halogenated alkanes) is 6. The molecule has 0 aromatic carbocycles. The Morgan fingerprint density at radius 1 is 0.980 bits per heavy atom. The molecule has 51 heavy (non-hydrogen) atoms. The van der Waals surface area contributed by atoms with Gasteiger partial charge < -0.3 is 35.4 Å². The van der Waals surface area contributed by atoms with Crippen molar-refractivity contribution in [3.63, 3.8) is 0 Å². The number of hydrogen-bond acceptors (Lipinski definition) is 10. The molecule has 2 heterocycles. The maximum Gasteiger partial charge on any atom is 0.315 e. The SMILES string of the molecule is CCCCCCCCC(=O)O[C@@H]1[C@@H](C)[C@@]2(O)[C@@H](C=C(CO)C[C@]3(O)C(=O)C(C)=C[C@@H]23)[C@@H]2C(C)(C)[C@]12OC(=O)CCCCC1SCC2NC(=O)NC21. The first-order valence-electron chi connectivity index (χ1n) is 19.2. The number of ketones is 1. The summed E-state index contributed by atoms with van der Waals surface area (Å²) in [6.45, 7) is 9.06. The highest BCUT2D eigenvalue weighted by Gasteiger charge is 2.88. The minimum atomic E-state index is -1.96. The molecule has 2 amide bonds. The molecule has 2 saturated carbocycles. The predicted molar refractivity (Wildman–Crippen MR) is 193 cm³/mol. The van der Waals surface area contributed by atoms with E-state index in [-0.39, 0.29) is 42.6 Å². The zero-order valence-electron chi connectivity index (χ0n) is 30.9. The van der Waals surface area contributed by atoms with E-state index in [4.69, 9.17) is 9.47 Å². The monoisotopic (exact) mass is 730 g/mol. The van der Waals surface area contributed by atoms with Gasteiger partial charge in [0.1, 0.15) is 11.7 Å². The third-order valence-corrected chi connectivity index (χ3v) is 14.8. The number of thioether (sulfide) groups is 1. The molecule has 0 bridgehead atoms. The number of ether oxygens (including phenoxy) is 2. The molecular weight excluding hydrogens is 673 g/mol. The molecule has 0 aromatic heterocycles. The molecule has 11 atom stereocenters. The summed E-state index contributed by atoms with van der Waals surface area (Å²) < 4.78 is 12.9. The van der Waals surface area contributed by atoms with E-state index in [2.05, 4.69) is 17.6 Å². The number of aliphatic hydroxyl groups is 3. The van der Waals surface area contributed by atoms with Gasteiger partial charge in [0.25, 0.3) is 0 Å². The molecule has 4 aliphatic carbocycles. The van der Waals surface area contributed by atoms with Gasteiger partial charge in [-0.3, -0.25) is 14.4 Å². The van der Waals surface area contributed by atoms with Gasteiger partial charge in [0.15, 0.2) is 11.4 Å². The first kappa shape index (κ1) is 38.3. The van der Waals surface area contributed by atoms with E-state index >= 15 is 0 Å². The predicted octanol–water partition coefficient (Wildman–Crippen LogP) is 4.51. The maximum atomic E-state index is 13.8. The van der Waals surface area contributed by atoms with Crippen LogP contribution in [0, 0.1) is 29.1 Å². The molecule has 2 saturated heterocycles. The number of nitrogens with one attached hydrogen (secondary N) is 2. The van der Waals surface area contributed by atoms with E-state index in [0.29, 0.717) is 24.0 Å². The van der Waals surface area contributed by atoms with E-state index in [0.717, 1.165) is 50.7 Å². The van der Waals surface area contributed by atoms with Gasteiger partial charge in [0.05, 0.1) is 24.3 Å². The van der Waals surface area contributed by atoms with Crippen LogP contribution in [0.4, 0.5) is 4.79 Å². The van der Waals surface area contributed by atoms with Crippen molar-refractivity contribution in [2.75, 3.05) is 12.4 Å². The quantitative estimate of drug-likeness (QED) is 0.0699. The fourth-order valence-electron chi connectivity index (χ4n) is 10.6. The molecule has 6 rings (SSSR count). The van der Waals surface area contributed by atoms with Gasteiger partial charge >= 0.3 is 18.0 Å². The third-order valence-electron chi connectivity index (χ3n) is 13.3. The highest BCUT2D eigenvalue weighted by Crippen LogP contribution is 2.77. The van der Waals surface area contributed by atoms with Crippen LogP contribution in [0.2, 0.25) is 0 Å². The van der Waals surface area contributed by atoms with E-state index < -0.39 is 76.3 Å². The summed E-state index contributed by atoms with van der Waals surface area (Å²) in [5, 5.41) is 41.6. The van der Waals surface area contributed by atoms with Gasteiger partial charge in [-0.2, -0.15) is 11.8 Å². The summed E-state index contributed by atoms with van der Waals surface area (Å²) in [4.78, 5) is 52.6. The Hall–Kier alpha value is -2.41. The lowest BCUT2D eigenvalue weighted by molar-refractivity contribution is -0.229. The Labute approximate surface area is 306 Å². The Morgan fingerprint density at radius 2 is 1.67 bits per heavy atom. The summed E-state index contributed by atoms with van der Waals surface area (Å²) in [6, 6.07) is 0.111. The number of fused-ring (bicyclic) bond motifs is 6. The van der Waals surface area contributed by atoms with Gasteiger partial charge in [-0.1, -0.05) is 78.4 Å². The topological polar surface area (TPSA) is 171 Å². The lowest BCUT2D eigenvalue weighted by atomic mass is 9.59. The summed E-state index contributed by atoms with van der Waals surface area (Å²) in [5.74, 6) is -3.53. The number of amides is 2. The van der Waals surface area contributed by atoms with E-state index in [1.165, 1.54) is 0 Å². The fourth-order valence-corrected chi connectivity index (χ4v) is 12.1. The Morgan fingerprint density at radius 3 is 2.39 bits per heavy atom. The molecule has 5 N–H and O–H groups in total. The van der Waals surface area contributed by atoms with Gasteiger partial charge in [-0.05, 0) is 37.3 Å². The molecule has 12 heteroatoms. The van der Waals surface area contributed by atoms with Crippen LogP contribution < -0.4 is 10.6 Å². The average Bonchev–Trinajstić information content (AvgIpc) is 3.39. The Balaban J connectivity index is 1.24. The summed E-state index contributed by atoms with van der Waals surface area (Å²) >= 11 is 1.83. The number of carbonyl (C=O) groups excluding carboxylic acids is 4. The first-order chi connectivity index (χ1) is 24.2. The molecule has 4 fully saturated rings. The van der Waals surface area contributed by atoms with Crippen LogP contribution in [0.25, 0.3) is 0 Å². The second kappa shape index (κ2) is 14.4. The molecule has 11 nitrogen and oxygen atoms in total. The van der Waals surface area contributed by atoms with Crippen LogP contribution in [-0.4, -0.2) is 91.7 Å². The minimum Gasteiger partial charge on any atom is -0.458 e. The molecule has 0 aromatic rings. The zero-order chi connectivity index (χ0) is 36.9. The van der Waals surface area contributed by atoms with Crippen LogP contribution in [-0.2, 0) is 23.9 Å². The van der Waals surface area contributed by atoms with Crippen molar-refractivity contribution in [3.05, 3.63) is 23.3 Å². The molecule has 284 valence electrons. The molecule has 6 aliphatic rings. The number of rotatable bonds is 15. The number of esters is 2. The number of Topliss-reactive ketones (excluding diaryl/α,β-unsaturated/α-hetero) is 1. The molecule has 0 radical (unpaired) electrons. The molecule has 0 spiro atoms. The van der Waals surface area contributed by atoms with Gasteiger partial charge in [-0.15, -0.1) is 0 Å². The van der Waals surface area contributed by atoms with Crippen molar-refractivity contribution >= 4 is 35.5 Å². The van der Waals surface area contributed by atoms with E-state index in [9.17, 15) is 34.5 Å². The van der Waals surface area contributed by atoms with Crippen molar-refractivity contribution in [1.82, 2.24) is 10.6 Å². The van der Waals surface area contributed by atoms with Crippen LogP contribution >= 0.6 is 11.8 Å². The van der Waals surface area contributed by atoms with Gasteiger partial charge in [0, 0.05) is 59.4 Å². The normalized spacial score (nSPS) is 40.1. The van der Waals surface area contributed by atoms with E-state index in [1.807, 2.05) is 25.6 Å². The highest BCUT2D eigenvalue weighted by atomic mass is 32.2. The van der Waals surface area contributed by atoms with Crippen molar-refractivity contribution in [3.8, 4) is 0 Å². The lowest BCUT2D eigenvalue weighted by Crippen LogP contribution is -2.66. The maximum absolute atomic E-state index is 13.8. The third kappa shape index (κ3) is 6.37. The Kier molecular flexibility index (Phi) is 10.8. The second-order valence-electron chi connectivity index (χ2n) is 16.7. The second-order valence-corrected chi connectivity index (χ2v) is 18.0. The number of carbonyl (C=O) groups is 4. The van der Waals surface area contributed by atoms with Crippen LogP contribution in [0.5, 0.6) is 0 Å². The van der Waals surface area contributed by atoms with Crippen LogP contribution in [0.1, 0.15) is 112 Å². The van der Waals surface area contributed by atoms with Gasteiger partial charge in [0.2, 0.25) is 0 Å². The summed E-state index contributed by atoms with van der Waals surface area (Å²) in [7, 11) is 0. The van der Waals surface area contributed by atoms with Crippen molar-refractivity contribution in [1.29, 1.82) is 0 Å². The van der Waals surface area contributed by atoms with Crippen molar-refractivity contribution in [2.24, 2.45) is 29.1 Å². The number of hydrogen-bond donors (Lipinski definition) is 5. The summed E-state index contributed by atoms with van der Waals surface area (Å²) in [6.07, 6.45) is 10.9.